The number of carbonyl (C=O) groups is 2. The summed E-state index contributed by atoms with van der Waals surface area (Å²) in [6, 6.07) is 16.6. The molecule has 0 heterocycles. The minimum atomic E-state index is -0.568. The van der Waals surface area contributed by atoms with Gasteiger partial charge in [-0.1, -0.05) is 42.5 Å². The molecule has 2 rings (SSSR count). The van der Waals surface area contributed by atoms with E-state index in [1.165, 1.54) is 0 Å². The van der Waals surface area contributed by atoms with Crippen molar-refractivity contribution in [1.82, 2.24) is 5.32 Å². The molecule has 4 N–H and O–H groups in total. The second-order valence-corrected chi connectivity index (χ2v) is 4.97. The molecule has 0 aliphatic carbocycles. The summed E-state index contributed by atoms with van der Waals surface area (Å²) in [7, 11) is 0. The van der Waals surface area contributed by atoms with Crippen LogP contribution >= 0.6 is 0 Å². The molecule has 0 saturated carbocycles. The Labute approximate surface area is 129 Å². The van der Waals surface area contributed by atoms with E-state index in [4.69, 9.17) is 5.73 Å². The molecule has 1 unspecified atom stereocenters. The van der Waals surface area contributed by atoms with Crippen LogP contribution in [0.2, 0.25) is 0 Å². The normalized spacial score (nSPS) is 11.7. The van der Waals surface area contributed by atoms with Gasteiger partial charge in [-0.2, -0.15) is 0 Å². The number of hydrogen-bond acceptors (Lipinski definition) is 3. The van der Waals surface area contributed by atoms with Gasteiger partial charge in [0.1, 0.15) is 0 Å². The van der Waals surface area contributed by atoms with Crippen LogP contribution in [0.5, 0.6) is 0 Å². The summed E-state index contributed by atoms with van der Waals surface area (Å²) in [5, 5.41) is 5.84. The third-order valence-corrected chi connectivity index (χ3v) is 3.33. The molecule has 2 amide bonds. The van der Waals surface area contributed by atoms with Crippen molar-refractivity contribution in [2.24, 2.45) is 5.73 Å². The number of carbonyl (C=O) groups excluding carboxylic acids is 2. The van der Waals surface area contributed by atoms with Gasteiger partial charge in [0, 0.05) is 6.04 Å². The van der Waals surface area contributed by atoms with E-state index < -0.39 is 5.91 Å². The number of rotatable bonds is 6. The second kappa shape index (κ2) is 7.38. The zero-order valence-corrected chi connectivity index (χ0v) is 12.4. The third kappa shape index (κ3) is 4.17. The van der Waals surface area contributed by atoms with Gasteiger partial charge in [-0.05, 0) is 24.6 Å². The lowest BCUT2D eigenvalue weighted by Gasteiger charge is -2.14. The summed E-state index contributed by atoms with van der Waals surface area (Å²) in [6.45, 7) is 2.13. The Kier molecular flexibility index (Phi) is 5.27. The van der Waals surface area contributed by atoms with Crippen LogP contribution in [-0.4, -0.2) is 18.4 Å². The minimum Gasteiger partial charge on any atom is -0.366 e. The van der Waals surface area contributed by atoms with Gasteiger partial charge in [0.05, 0.1) is 17.8 Å². The average Bonchev–Trinajstić information content (AvgIpc) is 2.53. The SMILES string of the molecule is CC(NCC(=O)Nc1ccccc1C(N)=O)c1ccccc1. The van der Waals surface area contributed by atoms with Gasteiger partial charge in [0.25, 0.3) is 5.91 Å². The molecule has 0 fully saturated rings. The van der Waals surface area contributed by atoms with Crippen molar-refractivity contribution >= 4 is 17.5 Å². The smallest absolute Gasteiger partial charge is 0.250 e. The number of nitrogens with one attached hydrogen (secondary N) is 2. The molecule has 0 aromatic heterocycles. The quantitative estimate of drug-likeness (QED) is 0.763. The van der Waals surface area contributed by atoms with E-state index in [9.17, 15) is 9.59 Å². The first kappa shape index (κ1) is 15.7. The number of hydrogen-bond donors (Lipinski definition) is 3. The lowest BCUT2D eigenvalue weighted by atomic mass is 10.1. The predicted octanol–water partition coefficient (Wildman–Crippen LogP) is 2.07. The predicted molar refractivity (Wildman–Crippen MR) is 86.4 cm³/mol. The Bertz CT molecular complexity index is 656. The maximum atomic E-state index is 12.0. The molecule has 0 saturated heterocycles. The molecule has 0 aliphatic rings. The number of anilines is 1. The lowest BCUT2D eigenvalue weighted by Crippen LogP contribution is -2.30. The summed E-state index contributed by atoms with van der Waals surface area (Å²) in [5.41, 5.74) is 7.11. The summed E-state index contributed by atoms with van der Waals surface area (Å²) < 4.78 is 0. The molecule has 0 radical (unpaired) electrons. The van der Waals surface area contributed by atoms with Gasteiger partial charge in [-0.25, -0.2) is 0 Å². The summed E-state index contributed by atoms with van der Waals surface area (Å²) >= 11 is 0. The number of benzene rings is 2. The van der Waals surface area contributed by atoms with Crippen LogP contribution < -0.4 is 16.4 Å². The van der Waals surface area contributed by atoms with Crippen LogP contribution in [-0.2, 0) is 4.79 Å². The third-order valence-electron chi connectivity index (χ3n) is 3.33. The van der Waals surface area contributed by atoms with Crippen molar-refractivity contribution in [3.63, 3.8) is 0 Å². The number of nitrogens with two attached hydrogens (primary N) is 1. The Morgan fingerprint density at radius 1 is 1.05 bits per heavy atom. The van der Waals surface area contributed by atoms with Crippen molar-refractivity contribution in [2.45, 2.75) is 13.0 Å². The first-order chi connectivity index (χ1) is 10.6. The fraction of sp³-hybridized carbons (Fsp3) is 0.176. The van der Waals surface area contributed by atoms with E-state index in [0.717, 1.165) is 5.56 Å². The van der Waals surface area contributed by atoms with Crippen molar-refractivity contribution in [3.05, 3.63) is 65.7 Å². The Morgan fingerprint density at radius 3 is 2.36 bits per heavy atom. The summed E-state index contributed by atoms with van der Waals surface area (Å²) in [5.74, 6) is -0.794. The molecule has 0 aliphatic heterocycles. The van der Waals surface area contributed by atoms with Crippen LogP contribution in [0.4, 0.5) is 5.69 Å². The van der Waals surface area contributed by atoms with Crippen LogP contribution in [0.25, 0.3) is 0 Å². The molecule has 1 atom stereocenters. The van der Waals surface area contributed by atoms with Gasteiger partial charge in [-0.15, -0.1) is 0 Å². The molecule has 2 aromatic rings. The number of primary amides is 1. The largest absolute Gasteiger partial charge is 0.366 e. The van der Waals surface area contributed by atoms with E-state index in [1.54, 1.807) is 24.3 Å². The Balaban J connectivity index is 1.93. The van der Waals surface area contributed by atoms with Crippen molar-refractivity contribution in [2.75, 3.05) is 11.9 Å². The number of para-hydroxylation sites is 1. The highest BCUT2D eigenvalue weighted by Crippen LogP contribution is 2.14. The van der Waals surface area contributed by atoms with Crippen LogP contribution in [0.1, 0.15) is 28.9 Å². The van der Waals surface area contributed by atoms with Crippen LogP contribution in [0.15, 0.2) is 54.6 Å². The van der Waals surface area contributed by atoms with E-state index in [-0.39, 0.29) is 18.5 Å². The first-order valence-corrected chi connectivity index (χ1v) is 7.05. The van der Waals surface area contributed by atoms with Crippen LogP contribution in [0, 0.1) is 0 Å². The first-order valence-electron chi connectivity index (χ1n) is 7.05. The summed E-state index contributed by atoms with van der Waals surface area (Å²) in [6.07, 6.45) is 0. The van der Waals surface area contributed by atoms with E-state index in [0.29, 0.717) is 11.3 Å². The molecular formula is C17H19N3O2. The zero-order chi connectivity index (χ0) is 15.9. The Hall–Kier alpha value is -2.66. The van der Waals surface area contributed by atoms with Crippen LogP contribution in [0.3, 0.4) is 0 Å². The maximum absolute atomic E-state index is 12.0. The summed E-state index contributed by atoms with van der Waals surface area (Å²) in [4.78, 5) is 23.3. The molecule has 2 aromatic carbocycles. The van der Waals surface area contributed by atoms with Gasteiger partial charge in [-0.3, -0.25) is 9.59 Å². The average molecular weight is 297 g/mol. The number of amides is 2. The molecule has 0 spiro atoms. The highest BCUT2D eigenvalue weighted by atomic mass is 16.2. The maximum Gasteiger partial charge on any atom is 0.250 e. The fourth-order valence-corrected chi connectivity index (χ4v) is 2.11. The fourth-order valence-electron chi connectivity index (χ4n) is 2.11. The second-order valence-electron chi connectivity index (χ2n) is 4.97. The highest BCUT2D eigenvalue weighted by Gasteiger charge is 2.11. The van der Waals surface area contributed by atoms with Gasteiger partial charge in [0.2, 0.25) is 5.91 Å². The van der Waals surface area contributed by atoms with Crippen molar-refractivity contribution < 1.29 is 9.59 Å². The standard InChI is InChI=1S/C17H19N3O2/c1-12(13-7-3-2-4-8-13)19-11-16(21)20-15-10-6-5-9-14(15)17(18)22/h2-10,12,19H,11H2,1H3,(H2,18,22)(H,20,21). The van der Waals surface area contributed by atoms with E-state index in [2.05, 4.69) is 10.6 Å². The molecule has 5 heteroatoms. The molecule has 0 bridgehead atoms. The van der Waals surface area contributed by atoms with Gasteiger partial charge in [0.15, 0.2) is 0 Å². The van der Waals surface area contributed by atoms with E-state index in [1.807, 2.05) is 37.3 Å². The minimum absolute atomic E-state index is 0.0540. The molecule has 114 valence electrons. The zero-order valence-electron chi connectivity index (χ0n) is 12.4. The van der Waals surface area contributed by atoms with E-state index >= 15 is 0 Å². The Morgan fingerprint density at radius 2 is 1.68 bits per heavy atom. The highest BCUT2D eigenvalue weighted by molar-refractivity contribution is 6.03. The van der Waals surface area contributed by atoms with Gasteiger partial charge >= 0.3 is 0 Å². The monoisotopic (exact) mass is 297 g/mol. The van der Waals surface area contributed by atoms with Crippen molar-refractivity contribution in [3.8, 4) is 0 Å². The van der Waals surface area contributed by atoms with Gasteiger partial charge < -0.3 is 16.4 Å². The molecule has 5 nitrogen and oxygen atoms in total. The topological polar surface area (TPSA) is 84.2 Å². The molecule has 22 heavy (non-hydrogen) atoms. The lowest BCUT2D eigenvalue weighted by molar-refractivity contribution is -0.115. The van der Waals surface area contributed by atoms with Crippen molar-refractivity contribution in [1.29, 1.82) is 0 Å². The molecular weight excluding hydrogens is 278 g/mol.